The molecule has 0 spiro atoms. The fraction of sp³-hybridized carbons (Fsp3) is 0.600. The van der Waals surface area contributed by atoms with Crippen LogP contribution in [-0.2, 0) is 0 Å². The molecule has 1 atom stereocenters. The van der Waals surface area contributed by atoms with Gasteiger partial charge in [0.1, 0.15) is 5.75 Å². The first-order valence-corrected chi connectivity index (χ1v) is 6.82. The van der Waals surface area contributed by atoms with Crippen molar-refractivity contribution in [1.29, 1.82) is 0 Å². The number of benzene rings is 1. The second-order valence-electron chi connectivity index (χ2n) is 5.22. The Kier molecular flexibility index (Phi) is 4.48. The van der Waals surface area contributed by atoms with Crippen molar-refractivity contribution in [2.24, 2.45) is 5.92 Å². The van der Waals surface area contributed by atoms with E-state index in [-0.39, 0.29) is 0 Å². The second kappa shape index (κ2) is 6.10. The average molecular weight is 249 g/mol. The Bertz CT molecular complexity index is 386. The number of nitrogen functional groups attached to an aromatic ring is 1. The van der Waals surface area contributed by atoms with Crippen LogP contribution in [0.3, 0.4) is 0 Å². The number of para-hydroxylation sites is 1. The predicted molar refractivity (Wildman–Crippen MR) is 73.6 cm³/mol. The predicted octanol–water partition coefficient (Wildman–Crippen LogP) is 3.28. The van der Waals surface area contributed by atoms with Crippen molar-refractivity contribution in [3.05, 3.63) is 23.8 Å². The zero-order valence-corrected chi connectivity index (χ0v) is 11.1. The lowest BCUT2D eigenvalue weighted by Crippen LogP contribution is -2.12. The van der Waals surface area contributed by atoms with Crippen LogP contribution >= 0.6 is 0 Å². The van der Waals surface area contributed by atoms with E-state index >= 15 is 0 Å². The maximum atomic E-state index is 10.3. The van der Waals surface area contributed by atoms with Crippen molar-refractivity contribution in [3.8, 4) is 5.75 Å². The first-order chi connectivity index (χ1) is 8.72. The molecule has 0 saturated heterocycles. The Balaban J connectivity index is 2.05. The minimum atomic E-state index is -0.469. The van der Waals surface area contributed by atoms with Crippen molar-refractivity contribution >= 4 is 5.69 Å². The van der Waals surface area contributed by atoms with Gasteiger partial charge >= 0.3 is 0 Å². The van der Waals surface area contributed by atoms with Crippen LogP contribution < -0.4 is 10.5 Å². The fourth-order valence-electron chi connectivity index (χ4n) is 2.90. The van der Waals surface area contributed by atoms with Gasteiger partial charge in [-0.25, -0.2) is 0 Å². The summed E-state index contributed by atoms with van der Waals surface area (Å²) < 4.78 is 5.19. The molecule has 0 bridgehead atoms. The number of aliphatic hydroxyl groups is 1. The minimum Gasteiger partial charge on any atom is -0.495 e. The number of hydrogen-bond acceptors (Lipinski definition) is 3. The molecule has 1 aromatic rings. The smallest absolute Gasteiger partial charge is 0.142 e. The lowest BCUT2D eigenvalue weighted by molar-refractivity contribution is 0.132. The van der Waals surface area contributed by atoms with Gasteiger partial charge in [-0.3, -0.25) is 0 Å². The van der Waals surface area contributed by atoms with Crippen LogP contribution in [0.25, 0.3) is 0 Å². The van der Waals surface area contributed by atoms with Crippen LogP contribution in [0.15, 0.2) is 18.2 Å². The quantitative estimate of drug-likeness (QED) is 0.805. The molecule has 0 radical (unpaired) electrons. The molecular formula is C15H23NO2. The summed E-state index contributed by atoms with van der Waals surface area (Å²) in [4.78, 5) is 0. The van der Waals surface area contributed by atoms with Gasteiger partial charge in [0.25, 0.3) is 0 Å². The molecule has 1 saturated carbocycles. The summed E-state index contributed by atoms with van der Waals surface area (Å²) in [6.07, 6.45) is 6.76. The van der Waals surface area contributed by atoms with Gasteiger partial charge in [-0.15, -0.1) is 0 Å². The van der Waals surface area contributed by atoms with E-state index in [1.165, 1.54) is 32.1 Å². The maximum Gasteiger partial charge on any atom is 0.142 e. The molecule has 3 heteroatoms. The van der Waals surface area contributed by atoms with E-state index in [0.29, 0.717) is 17.4 Å². The number of anilines is 1. The van der Waals surface area contributed by atoms with Crippen LogP contribution in [0, 0.1) is 5.92 Å². The van der Waals surface area contributed by atoms with Crippen LogP contribution in [0.2, 0.25) is 0 Å². The molecule has 0 amide bonds. The monoisotopic (exact) mass is 249 g/mol. The molecule has 1 aliphatic rings. The van der Waals surface area contributed by atoms with Gasteiger partial charge in [0.2, 0.25) is 0 Å². The Morgan fingerprint density at radius 3 is 2.72 bits per heavy atom. The van der Waals surface area contributed by atoms with Crippen molar-refractivity contribution in [2.45, 2.75) is 44.6 Å². The van der Waals surface area contributed by atoms with Gasteiger partial charge in [-0.2, -0.15) is 0 Å². The van der Waals surface area contributed by atoms with Gasteiger partial charge in [0.05, 0.1) is 18.9 Å². The largest absolute Gasteiger partial charge is 0.495 e. The molecule has 2 rings (SSSR count). The van der Waals surface area contributed by atoms with Gasteiger partial charge in [0, 0.05) is 5.56 Å². The molecule has 3 nitrogen and oxygen atoms in total. The van der Waals surface area contributed by atoms with Crippen molar-refractivity contribution < 1.29 is 9.84 Å². The lowest BCUT2D eigenvalue weighted by atomic mass is 9.84. The summed E-state index contributed by atoms with van der Waals surface area (Å²) in [6, 6.07) is 5.60. The van der Waals surface area contributed by atoms with E-state index in [1.54, 1.807) is 7.11 Å². The summed E-state index contributed by atoms with van der Waals surface area (Å²) in [5.74, 6) is 1.29. The van der Waals surface area contributed by atoms with Gasteiger partial charge in [-0.1, -0.05) is 44.2 Å². The molecule has 0 heterocycles. The molecule has 1 aromatic carbocycles. The summed E-state index contributed by atoms with van der Waals surface area (Å²) in [5.41, 5.74) is 7.39. The number of rotatable bonds is 4. The van der Waals surface area contributed by atoms with E-state index in [4.69, 9.17) is 10.5 Å². The van der Waals surface area contributed by atoms with E-state index in [9.17, 15) is 5.11 Å². The SMILES string of the molecule is COc1cccc(C(O)CC2CCCCC2)c1N. The molecule has 100 valence electrons. The Labute approximate surface area is 109 Å². The third-order valence-electron chi connectivity index (χ3n) is 3.96. The third-order valence-corrected chi connectivity index (χ3v) is 3.96. The van der Waals surface area contributed by atoms with Gasteiger partial charge in [-0.05, 0) is 18.4 Å². The summed E-state index contributed by atoms with van der Waals surface area (Å²) >= 11 is 0. The average Bonchev–Trinajstić information content (AvgIpc) is 2.40. The molecule has 1 unspecified atom stereocenters. The van der Waals surface area contributed by atoms with E-state index in [0.717, 1.165) is 12.0 Å². The Morgan fingerprint density at radius 1 is 1.33 bits per heavy atom. The zero-order valence-electron chi connectivity index (χ0n) is 11.1. The molecular weight excluding hydrogens is 226 g/mol. The van der Waals surface area contributed by atoms with Crippen LogP contribution in [0.4, 0.5) is 5.69 Å². The standard InChI is InChI=1S/C15H23NO2/c1-18-14-9-5-8-12(15(14)16)13(17)10-11-6-3-2-4-7-11/h5,8-9,11,13,17H,2-4,6-7,10,16H2,1H3. The molecule has 3 N–H and O–H groups in total. The first-order valence-electron chi connectivity index (χ1n) is 6.82. The van der Waals surface area contributed by atoms with Gasteiger partial charge < -0.3 is 15.6 Å². The molecule has 1 fully saturated rings. The highest BCUT2D eigenvalue weighted by Gasteiger charge is 2.20. The van der Waals surface area contributed by atoms with Gasteiger partial charge in [0.15, 0.2) is 0 Å². The number of methoxy groups -OCH3 is 1. The zero-order chi connectivity index (χ0) is 13.0. The number of aliphatic hydroxyl groups excluding tert-OH is 1. The lowest BCUT2D eigenvalue weighted by Gasteiger charge is -2.25. The summed E-state index contributed by atoms with van der Waals surface area (Å²) in [6.45, 7) is 0. The maximum absolute atomic E-state index is 10.3. The second-order valence-corrected chi connectivity index (χ2v) is 5.22. The van der Waals surface area contributed by atoms with Crippen molar-refractivity contribution in [1.82, 2.24) is 0 Å². The highest BCUT2D eigenvalue weighted by Crippen LogP contribution is 2.36. The first kappa shape index (κ1) is 13.2. The third kappa shape index (κ3) is 2.96. The van der Waals surface area contributed by atoms with Crippen LogP contribution in [0.1, 0.15) is 50.2 Å². The highest BCUT2D eigenvalue weighted by molar-refractivity contribution is 5.59. The number of nitrogens with two attached hydrogens (primary N) is 1. The molecule has 1 aliphatic carbocycles. The normalized spacial score (nSPS) is 18.6. The number of ether oxygens (including phenoxy) is 1. The molecule has 18 heavy (non-hydrogen) atoms. The molecule has 0 aliphatic heterocycles. The van der Waals surface area contributed by atoms with Crippen LogP contribution in [0.5, 0.6) is 5.75 Å². The summed E-state index contributed by atoms with van der Waals surface area (Å²) in [7, 11) is 1.60. The Morgan fingerprint density at radius 2 is 2.06 bits per heavy atom. The number of hydrogen-bond donors (Lipinski definition) is 2. The van der Waals surface area contributed by atoms with E-state index in [1.807, 2.05) is 18.2 Å². The van der Waals surface area contributed by atoms with Crippen molar-refractivity contribution in [2.75, 3.05) is 12.8 Å². The Hall–Kier alpha value is -1.22. The fourth-order valence-corrected chi connectivity index (χ4v) is 2.90. The van der Waals surface area contributed by atoms with Crippen molar-refractivity contribution in [3.63, 3.8) is 0 Å². The topological polar surface area (TPSA) is 55.5 Å². The van der Waals surface area contributed by atoms with Crippen LogP contribution in [-0.4, -0.2) is 12.2 Å². The van der Waals surface area contributed by atoms with E-state index in [2.05, 4.69) is 0 Å². The highest BCUT2D eigenvalue weighted by atomic mass is 16.5. The minimum absolute atomic E-state index is 0.469. The summed E-state index contributed by atoms with van der Waals surface area (Å²) in [5, 5.41) is 10.3. The van der Waals surface area contributed by atoms with E-state index < -0.39 is 6.10 Å². The molecule has 0 aromatic heterocycles.